The Labute approximate surface area is 68.6 Å². The molecule has 0 aromatic rings. The molecule has 5 atom stereocenters. The van der Waals surface area contributed by atoms with Crippen molar-refractivity contribution in [2.75, 3.05) is 0 Å². The first-order valence-electron chi connectivity index (χ1n) is 4.37. The van der Waals surface area contributed by atoms with Gasteiger partial charge >= 0.3 is 0 Å². The van der Waals surface area contributed by atoms with Crippen molar-refractivity contribution in [2.45, 2.75) is 46.0 Å². The van der Waals surface area contributed by atoms with Gasteiger partial charge in [0.2, 0.25) is 0 Å². The lowest BCUT2D eigenvalue weighted by Crippen LogP contribution is -2.28. The lowest BCUT2D eigenvalue weighted by Gasteiger charge is -2.18. The van der Waals surface area contributed by atoms with Crippen molar-refractivity contribution < 1.29 is 9.84 Å². The summed E-state index contributed by atoms with van der Waals surface area (Å²) in [5.41, 5.74) is 0. The number of aliphatic hydroxyl groups is 1. The van der Waals surface area contributed by atoms with Gasteiger partial charge in [0.25, 0.3) is 0 Å². The highest BCUT2D eigenvalue weighted by atomic mass is 16.5. The van der Waals surface area contributed by atoms with Crippen LogP contribution in [0.5, 0.6) is 0 Å². The molecule has 1 aliphatic heterocycles. The normalized spacial score (nSPS) is 47.7. The molecule has 0 radical (unpaired) electrons. The van der Waals surface area contributed by atoms with Crippen LogP contribution in [-0.4, -0.2) is 23.4 Å². The Morgan fingerprint density at radius 1 is 1.18 bits per heavy atom. The van der Waals surface area contributed by atoms with Crippen molar-refractivity contribution in [3.63, 3.8) is 0 Å². The van der Waals surface area contributed by atoms with E-state index in [1.54, 1.807) is 6.92 Å². The van der Waals surface area contributed by atoms with Crippen molar-refractivity contribution in [1.29, 1.82) is 0 Å². The number of rotatable bonds is 1. The second-order valence-corrected chi connectivity index (χ2v) is 3.76. The van der Waals surface area contributed by atoms with Gasteiger partial charge < -0.3 is 9.84 Å². The summed E-state index contributed by atoms with van der Waals surface area (Å²) in [6.07, 6.45) is 0.00185. The maximum absolute atomic E-state index is 9.33. The molecule has 0 amide bonds. The van der Waals surface area contributed by atoms with E-state index < -0.39 is 0 Å². The summed E-state index contributed by atoms with van der Waals surface area (Å²) in [5, 5.41) is 9.33. The lowest BCUT2D eigenvalue weighted by molar-refractivity contribution is -0.0329. The van der Waals surface area contributed by atoms with Crippen LogP contribution in [-0.2, 0) is 4.74 Å². The second-order valence-electron chi connectivity index (χ2n) is 3.76. The van der Waals surface area contributed by atoms with E-state index in [2.05, 4.69) is 20.8 Å². The van der Waals surface area contributed by atoms with Crippen LogP contribution in [0.3, 0.4) is 0 Å². The standard InChI is InChI=1S/C9H18O2/c1-5-6(2)9(7(3)10)11-8(5)4/h5-10H,1-4H3/t5?,6-,7+,8+,9+/m1/s1. The van der Waals surface area contributed by atoms with Crippen molar-refractivity contribution in [1.82, 2.24) is 0 Å². The Morgan fingerprint density at radius 3 is 1.91 bits per heavy atom. The minimum absolute atomic E-state index is 0.0417. The van der Waals surface area contributed by atoms with Gasteiger partial charge in [-0.25, -0.2) is 0 Å². The van der Waals surface area contributed by atoms with E-state index in [0.29, 0.717) is 17.9 Å². The minimum Gasteiger partial charge on any atom is -0.391 e. The third kappa shape index (κ3) is 1.57. The van der Waals surface area contributed by atoms with E-state index in [1.165, 1.54) is 0 Å². The maximum Gasteiger partial charge on any atom is 0.0863 e. The number of hydrogen-bond donors (Lipinski definition) is 1. The van der Waals surface area contributed by atoms with E-state index in [-0.39, 0.29) is 12.2 Å². The topological polar surface area (TPSA) is 29.5 Å². The molecule has 1 rings (SSSR count). The van der Waals surface area contributed by atoms with E-state index >= 15 is 0 Å². The Bertz CT molecular complexity index is 134. The molecule has 1 fully saturated rings. The molecular formula is C9H18O2. The third-order valence-corrected chi connectivity index (χ3v) is 2.94. The summed E-state index contributed by atoms with van der Waals surface area (Å²) < 4.78 is 5.60. The molecule has 0 spiro atoms. The number of ether oxygens (including phenoxy) is 1. The smallest absolute Gasteiger partial charge is 0.0863 e. The van der Waals surface area contributed by atoms with Crippen molar-refractivity contribution in [3.8, 4) is 0 Å². The number of aliphatic hydroxyl groups excluding tert-OH is 1. The number of hydrogen-bond acceptors (Lipinski definition) is 2. The van der Waals surface area contributed by atoms with Gasteiger partial charge in [-0.05, 0) is 25.7 Å². The largest absolute Gasteiger partial charge is 0.391 e. The average molecular weight is 158 g/mol. The predicted molar refractivity (Wildman–Crippen MR) is 44.3 cm³/mol. The Kier molecular flexibility index (Phi) is 2.55. The van der Waals surface area contributed by atoms with E-state index in [9.17, 15) is 5.11 Å². The summed E-state index contributed by atoms with van der Waals surface area (Å²) in [5.74, 6) is 1.04. The van der Waals surface area contributed by atoms with Crippen LogP contribution in [0.2, 0.25) is 0 Å². The molecule has 0 aliphatic carbocycles. The van der Waals surface area contributed by atoms with Gasteiger partial charge in [-0.15, -0.1) is 0 Å². The molecule has 1 unspecified atom stereocenters. The zero-order valence-corrected chi connectivity index (χ0v) is 7.74. The van der Waals surface area contributed by atoms with Gasteiger partial charge in [-0.3, -0.25) is 0 Å². The Hall–Kier alpha value is -0.0800. The molecule has 0 saturated carbocycles. The fourth-order valence-electron chi connectivity index (χ4n) is 1.78. The van der Waals surface area contributed by atoms with E-state index in [0.717, 1.165) is 0 Å². The molecule has 2 nitrogen and oxygen atoms in total. The van der Waals surface area contributed by atoms with Crippen LogP contribution >= 0.6 is 0 Å². The highest BCUT2D eigenvalue weighted by molar-refractivity contribution is 4.85. The zero-order chi connectivity index (χ0) is 8.59. The zero-order valence-electron chi connectivity index (χ0n) is 7.74. The van der Waals surface area contributed by atoms with Gasteiger partial charge in [0.05, 0.1) is 18.3 Å². The highest BCUT2D eigenvalue weighted by Crippen LogP contribution is 2.33. The van der Waals surface area contributed by atoms with Crippen LogP contribution in [0.1, 0.15) is 27.7 Å². The van der Waals surface area contributed by atoms with Crippen molar-refractivity contribution >= 4 is 0 Å². The van der Waals surface area contributed by atoms with Gasteiger partial charge in [-0.2, -0.15) is 0 Å². The molecule has 0 aromatic carbocycles. The van der Waals surface area contributed by atoms with Crippen molar-refractivity contribution in [3.05, 3.63) is 0 Å². The van der Waals surface area contributed by atoms with Gasteiger partial charge in [0.15, 0.2) is 0 Å². The quantitative estimate of drug-likeness (QED) is 0.625. The first kappa shape index (κ1) is 9.01. The first-order valence-corrected chi connectivity index (χ1v) is 4.37. The van der Waals surface area contributed by atoms with Gasteiger partial charge in [0, 0.05) is 0 Å². The Balaban J connectivity index is 2.59. The summed E-state index contributed by atoms with van der Waals surface area (Å²) in [6, 6.07) is 0. The molecule has 0 aromatic heterocycles. The summed E-state index contributed by atoms with van der Waals surface area (Å²) in [4.78, 5) is 0. The average Bonchev–Trinajstić information content (AvgIpc) is 2.17. The first-order chi connectivity index (χ1) is 5.04. The van der Waals surface area contributed by atoms with Crippen LogP contribution in [0.15, 0.2) is 0 Å². The van der Waals surface area contributed by atoms with Gasteiger partial charge in [0.1, 0.15) is 0 Å². The summed E-state index contributed by atoms with van der Waals surface area (Å²) in [6.45, 7) is 8.19. The van der Waals surface area contributed by atoms with Crippen LogP contribution in [0.4, 0.5) is 0 Å². The lowest BCUT2D eigenvalue weighted by atomic mass is 9.89. The van der Waals surface area contributed by atoms with Crippen molar-refractivity contribution in [2.24, 2.45) is 11.8 Å². The van der Waals surface area contributed by atoms with E-state index in [1.807, 2.05) is 0 Å². The SMILES string of the molecule is CC1[C@H](C)O[C@H]([C@H](C)O)[C@@H]1C. The van der Waals surface area contributed by atoms with Crippen LogP contribution in [0.25, 0.3) is 0 Å². The molecule has 1 heterocycles. The van der Waals surface area contributed by atoms with Crippen LogP contribution < -0.4 is 0 Å². The second kappa shape index (κ2) is 3.11. The molecule has 1 N–H and O–H groups in total. The monoisotopic (exact) mass is 158 g/mol. The highest BCUT2D eigenvalue weighted by Gasteiger charge is 2.38. The molecular weight excluding hydrogens is 140 g/mol. The maximum atomic E-state index is 9.33. The summed E-state index contributed by atoms with van der Waals surface area (Å²) >= 11 is 0. The summed E-state index contributed by atoms with van der Waals surface area (Å²) in [7, 11) is 0. The molecule has 11 heavy (non-hydrogen) atoms. The van der Waals surface area contributed by atoms with Crippen LogP contribution in [0, 0.1) is 11.8 Å². The molecule has 1 aliphatic rings. The minimum atomic E-state index is -0.336. The molecule has 2 heteroatoms. The molecule has 0 bridgehead atoms. The third-order valence-electron chi connectivity index (χ3n) is 2.94. The fraction of sp³-hybridized carbons (Fsp3) is 1.00. The fourth-order valence-corrected chi connectivity index (χ4v) is 1.78. The predicted octanol–water partition coefficient (Wildman–Crippen LogP) is 1.43. The molecule has 1 saturated heterocycles. The van der Waals surface area contributed by atoms with E-state index in [4.69, 9.17) is 4.74 Å². The van der Waals surface area contributed by atoms with Gasteiger partial charge in [-0.1, -0.05) is 13.8 Å². The molecule has 66 valence electrons. The Morgan fingerprint density at radius 2 is 1.73 bits per heavy atom.